The van der Waals surface area contributed by atoms with Crippen LogP contribution in [0.1, 0.15) is 84.2 Å². The summed E-state index contributed by atoms with van der Waals surface area (Å²) in [7, 11) is 0. The van der Waals surface area contributed by atoms with Crippen molar-refractivity contribution < 1.29 is 46.5 Å². The Morgan fingerprint density at radius 2 is 1.20 bits per heavy atom. The Hall–Kier alpha value is -9.11. The Morgan fingerprint density at radius 3 is 1.68 bits per heavy atom. The number of alkyl halides is 1. The van der Waals surface area contributed by atoms with Crippen LogP contribution in [0.25, 0.3) is 22.5 Å². The Balaban J connectivity index is 0.000000191. The highest BCUT2D eigenvalue weighted by molar-refractivity contribution is 7.10. The molecule has 4 heterocycles. The SMILES string of the molecule is C=Nc1ccc(-c2csc([C@H](C)C(Cn3cncn3)(OCOC(=O)c3cccc(C)c3)c3ccc(F)cc3F)n2)cc1.C[C@@H](c1nc(-c2ccc(C#N)cc2)cs1)C(O)(Cn1cncn1)c1ccc(F)cc1F.Cc1cccc(C(=O)OCCl)c1. The molecule has 85 heavy (non-hydrogen) atoms. The fourth-order valence-corrected chi connectivity index (χ4v) is 11.0. The molecule has 4 aromatic heterocycles. The molecule has 0 bridgehead atoms. The predicted molar refractivity (Wildman–Crippen MR) is 314 cm³/mol. The molecule has 0 saturated heterocycles. The molecule has 0 aliphatic carbocycles. The highest BCUT2D eigenvalue weighted by Gasteiger charge is 2.45. The van der Waals surface area contributed by atoms with Crippen LogP contribution in [-0.2, 0) is 38.5 Å². The van der Waals surface area contributed by atoms with Gasteiger partial charge in [-0.15, -0.1) is 22.7 Å². The second-order valence-corrected chi connectivity index (χ2v) is 21.2. The number of nitriles is 1. The number of hydrogen-bond donors (Lipinski definition) is 1. The summed E-state index contributed by atoms with van der Waals surface area (Å²) in [4.78, 5) is 45.2. The maximum atomic E-state index is 15.6. The van der Waals surface area contributed by atoms with Crippen molar-refractivity contribution in [2.45, 2.75) is 63.8 Å². The van der Waals surface area contributed by atoms with Gasteiger partial charge in [-0.3, -0.25) is 4.99 Å². The van der Waals surface area contributed by atoms with Crippen molar-refractivity contribution >= 4 is 58.6 Å². The molecule has 10 aromatic rings. The number of halogens is 5. The van der Waals surface area contributed by atoms with E-state index in [4.69, 9.17) is 31.3 Å². The number of nitrogens with zero attached hydrogens (tertiary/aromatic N) is 10. The van der Waals surface area contributed by atoms with E-state index in [2.05, 4.69) is 47.7 Å². The molecule has 23 heteroatoms. The Morgan fingerprint density at radius 1 is 0.694 bits per heavy atom. The molecule has 0 aliphatic heterocycles. The first-order valence-electron chi connectivity index (χ1n) is 25.9. The Bertz CT molecular complexity index is 3920. The number of aliphatic imine (C=N–C) groups is 1. The van der Waals surface area contributed by atoms with E-state index < -0.39 is 59.1 Å². The van der Waals surface area contributed by atoms with Gasteiger partial charge in [-0.2, -0.15) is 15.5 Å². The lowest BCUT2D eigenvalue weighted by molar-refractivity contribution is -0.148. The van der Waals surface area contributed by atoms with Gasteiger partial charge in [0.05, 0.1) is 62.9 Å². The smallest absolute Gasteiger partial charge is 0.340 e. The van der Waals surface area contributed by atoms with E-state index in [1.165, 1.54) is 69.5 Å². The fraction of sp³-hybridized carbons (Fsp3) is 0.194. The third kappa shape index (κ3) is 15.4. The zero-order valence-electron chi connectivity index (χ0n) is 46.0. The second kappa shape index (κ2) is 28.4. The lowest BCUT2D eigenvalue weighted by Gasteiger charge is -2.38. The molecule has 1 N–H and O–H groups in total. The van der Waals surface area contributed by atoms with Gasteiger partial charge in [0.2, 0.25) is 0 Å². The highest BCUT2D eigenvalue weighted by atomic mass is 35.5. The molecule has 16 nitrogen and oxygen atoms in total. The third-order valence-electron chi connectivity index (χ3n) is 13.6. The van der Waals surface area contributed by atoms with Gasteiger partial charge in [-0.1, -0.05) is 97.2 Å². The van der Waals surface area contributed by atoms with Gasteiger partial charge in [0.25, 0.3) is 0 Å². The van der Waals surface area contributed by atoms with Crippen molar-refractivity contribution in [2.75, 3.05) is 12.9 Å². The molecule has 2 unspecified atom stereocenters. The zero-order valence-corrected chi connectivity index (χ0v) is 48.4. The molecule has 4 atom stereocenters. The monoisotopic (exact) mass is 1210 g/mol. The number of esters is 2. The quantitative estimate of drug-likeness (QED) is 0.0263. The number of benzene rings is 6. The average molecular weight is 1210 g/mol. The van der Waals surface area contributed by atoms with Crippen LogP contribution in [0, 0.1) is 48.4 Å². The number of thiazole rings is 2. The minimum Gasteiger partial charge on any atom is -0.446 e. The first kappa shape index (κ1) is 61.9. The second-order valence-electron chi connectivity index (χ2n) is 19.2. The van der Waals surface area contributed by atoms with Crippen molar-refractivity contribution in [3.8, 4) is 28.6 Å². The lowest BCUT2D eigenvalue weighted by Crippen LogP contribution is -2.42. The van der Waals surface area contributed by atoms with E-state index in [1.807, 2.05) is 67.9 Å². The van der Waals surface area contributed by atoms with E-state index in [-0.39, 0.29) is 36.3 Å². The third-order valence-corrected chi connectivity index (χ3v) is 15.7. The molecule has 10 rings (SSSR count). The molecule has 6 aromatic carbocycles. The van der Waals surface area contributed by atoms with Crippen LogP contribution in [0.2, 0.25) is 0 Å². The average Bonchev–Trinajstić information content (AvgIpc) is 2.15. The molecule has 434 valence electrons. The number of hydrogen-bond acceptors (Lipinski definition) is 16. The van der Waals surface area contributed by atoms with Gasteiger partial charge < -0.3 is 19.3 Å². The number of rotatable bonds is 19. The first-order valence-corrected chi connectivity index (χ1v) is 28.2. The van der Waals surface area contributed by atoms with E-state index in [9.17, 15) is 27.9 Å². The van der Waals surface area contributed by atoms with Crippen LogP contribution in [0.15, 0.2) is 175 Å². The number of carbonyl (C=O) groups is 2. The number of aromatic nitrogens is 8. The van der Waals surface area contributed by atoms with Crippen LogP contribution < -0.4 is 0 Å². The van der Waals surface area contributed by atoms with Crippen LogP contribution in [-0.4, -0.2) is 76.1 Å². The standard InChI is InChI=1S/C31H27F2N5O3S.C22H17F2N5OS.C9H9ClO2/c1-20-5-4-6-23(13-20)30(39)40-19-41-31(16-38-18-35-17-36-38,26-12-9-24(32)14-27(26)33)21(2)29-37-28(15-42-29)22-7-10-25(34-3)11-8-22;1-14(21-28-20(10-31-21)16-4-2-15(9-25)3-5-16)22(30,11-29-13-26-12-27-29)18-7-6-17(23)8-19(18)24;1-7-3-2-4-8(5-7)9(11)12-6-10/h4-15,17-18,21H,3,16,19H2,1-2H3;2-8,10,12-14,30H,11H2,1H3;2-5H,6H2,1H3/t21-,31?;14-,22?;/m00./s1. The van der Waals surface area contributed by atoms with Crippen molar-refractivity contribution in [1.29, 1.82) is 5.26 Å². The molecular weight excluding hydrogens is 1160 g/mol. The molecule has 0 radical (unpaired) electrons. The van der Waals surface area contributed by atoms with Gasteiger partial charge in [-0.05, 0) is 81.2 Å². The summed E-state index contributed by atoms with van der Waals surface area (Å²) < 4.78 is 77.2. The normalized spacial score (nSPS) is 13.0. The number of aryl methyl sites for hydroxylation is 2. The van der Waals surface area contributed by atoms with Crippen molar-refractivity contribution in [3.05, 3.63) is 242 Å². The summed E-state index contributed by atoms with van der Waals surface area (Å²) >= 11 is 7.94. The number of ether oxygens (including phenoxy) is 3. The molecule has 0 aliphatic rings. The fourth-order valence-electron chi connectivity index (χ4n) is 8.99. The molecular formula is C62H53ClF4N10O6S2. The molecule has 0 fully saturated rings. The maximum absolute atomic E-state index is 15.6. The van der Waals surface area contributed by atoms with Crippen molar-refractivity contribution in [1.82, 2.24) is 39.5 Å². The van der Waals surface area contributed by atoms with Gasteiger partial charge in [-0.25, -0.2) is 56.5 Å². The minimum absolute atomic E-state index is 0.0344. The lowest BCUT2D eigenvalue weighted by atomic mass is 9.81. The van der Waals surface area contributed by atoms with Crippen LogP contribution in [0.5, 0.6) is 0 Å². The van der Waals surface area contributed by atoms with Crippen molar-refractivity contribution in [3.63, 3.8) is 0 Å². The van der Waals surface area contributed by atoms with Crippen LogP contribution in [0.3, 0.4) is 0 Å². The molecule has 0 saturated carbocycles. The van der Waals surface area contributed by atoms with Gasteiger partial charge in [0, 0.05) is 57.0 Å². The first-order chi connectivity index (χ1) is 40.9. The zero-order chi connectivity index (χ0) is 60.7. The topological polar surface area (TPSA) is 205 Å². The summed E-state index contributed by atoms with van der Waals surface area (Å²) in [5.41, 5.74) is 3.86. The van der Waals surface area contributed by atoms with E-state index in [0.717, 1.165) is 52.2 Å². The number of aliphatic hydroxyl groups is 1. The molecule has 0 spiro atoms. The van der Waals surface area contributed by atoms with Crippen LogP contribution >= 0.6 is 34.3 Å². The van der Waals surface area contributed by atoms with Crippen LogP contribution in [0.4, 0.5) is 23.2 Å². The largest absolute Gasteiger partial charge is 0.446 e. The summed E-state index contributed by atoms with van der Waals surface area (Å²) in [5, 5.41) is 33.8. The van der Waals surface area contributed by atoms with E-state index >= 15 is 4.39 Å². The predicted octanol–water partition coefficient (Wildman–Crippen LogP) is 13.4. The summed E-state index contributed by atoms with van der Waals surface area (Å²) in [5.74, 6) is -5.38. The molecule has 0 amide bonds. The highest BCUT2D eigenvalue weighted by Crippen LogP contribution is 2.45. The van der Waals surface area contributed by atoms with E-state index in [1.54, 1.807) is 67.6 Å². The van der Waals surface area contributed by atoms with E-state index in [0.29, 0.717) is 38.1 Å². The summed E-state index contributed by atoms with van der Waals surface area (Å²) in [6.07, 6.45) is 5.55. The minimum atomic E-state index is -1.76. The van der Waals surface area contributed by atoms with Gasteiger partial charge >= 0.3 is 11.9 Å². The Kier molecular flexibility index (Phi) is 20.7. The maximum Gasteiger partial charge on any atom is 0.340 e. The summed E-state index contributed by atoms with van der Waals surface area (Å²) in [6.45, 7) is 10.2. The summed E-state index contributed by atoms with van der Waals surface area (Å²) in [6, 6.07) is 36.9. The van der Waals surface area contributed by atoms with Gasteiger partial charge in [0.15, 0.2) is 12.9 Å². The van der Waals surface area contributed by atoms with Gasteiger partial charge in [0.1, 0.15) is 59.8 Å². The Labute approximate surface area is 499 Å². The number of carbonyl (C=O) groups excluding carboxylic acids is 2. The van der Waals surface area contributed by atoms with Crippen molar-refractivity contribution in [2.24, 2.45) is 4.99 Å².